The molecule has 2 aromatic heterocycles. The van der Waals surface area contributed by atoms with Crippen molar-refractivity contribution in [2.75, 3.05) is 5.73 Å². The first-order valence-corrected chi connectivity index (χ1v) is 8.88. The molecule has 0 bridgehead atoms. The lowest BCUT2D eigenvalue weighted by atomic mass is 10.00. The van der Waals surface area contributed by atoms with Gasteiger partial charge in [-0.3, -0.25) is 0 Å². The van der Waals surface area contributed by atoms with Crippen molar-refractivity contribution in [3.8, 4) is 11.5 Å². The van der Waals surface area contributed by atoms with Gasteiger partial charge in [0.05, 0.1) is 10.6 Å². The first-order valence-electron chi connectivity index (χ1n) is 8.07. The summed E-state index contributed by atoms with van der Waals surface area (Å²) < 4.78 is 5.57. The van der Waals surface area contributed by atoms with Crippen LogP contribution in [-0.2, 0) is 12.8 Å². The minimum atomic E-state index is 0.470. The molecule has 4 rings (SSSR count). The molecule has 0 aliphatic heterocycles. The molecule has 21 heavy (non-hydrogen) atoms. The summed E-state index contributed by atoms with van der Waals surface area (Å²) in [7, 11) is 0. The van der Waals surface area contributed by atoms with E-state index in [9.17, 15) is 0 Å². The number of fused-ring (bicyclic) bond motifs is 1. The number of aryl methyl sites for hydroxylation is 1. The maximum absolute atomic E-state index is 6.19. The molecule has 5 heteroatoms. The second kappa shape index (κ2) is 5.44. The highest BCUT2D eigenvalue weighted by molar-refractivity contribution is 7.16. The molecule has 112 valence electrons. The minimum Gasteiger partial charge on any atom is -0.390 e. The molecule has 2 aliphatic rings. The molecule has 0 amide bonds. The molecular formula is C16H21N3OS. The number of anilines is 1. The lowest BCUT2D eigenvalue weighted by Gasteiger charge is -2.07. The summed E-state index contributed by atoms with van der Waals surface area (Å²) in [5, 5.41) is 5.11. The van der Waals surface area contributed by atoms with Gasteiger partial charge in [0.2, 0.25) is 0 Å². The number of nitrogens with two attached hydrogens (primary N) is 1. The van der Waals surface area contributed by atoms with Gasteiger partial charge in [-0.2, -0.15) is 4.98 Å². The average Bonchev–Trinajstić information content (AvgIpc) is 3.11. The molecule has 2 heterocycles. The monoisotopic (exact) mass is 303 g/mol. The van der Waals surface area contributed by atoms with Gasteiger partial charge < -0.3 is 10.3 Å². The summed E-state index contributed by atoms with van der Waals surface area (Å²) in [6.07, 6.45) is 11.1. The summed E-state index contributed by atoms with van der Waals surface area (Å²) in [5.74, 6) is 2.01. The highest BCUT2D eigenvalue weighted by Crippen LogP contribution is 2.43. The van der Waals surface area contributed by atoms with E-state index < -0.39 is 0 Å². The average molecular weight is 303 g/mol. The van der Waals surface area contributed by atoms with Crippen molar-refractivity contribution >= 4 is 16.3 Å². The van der Waals surface area contributed by atoms with Crippen LogP contribution in [0.2, 0.25) is 0 Å². The molecule has 0 aromatic carbocycles. The Labute approximate surface area is 128 Å². The highest BCUT2D eigenvalue weighted by atomic mass is 32.1. The molecule has 4 nitrogen and oxygen atoms in total. The van der Waals surface area contributed by atoms with Gasteiger partial charge in [-0.05, 0) is 37.7 Å². The summed E-state index contributed by atoms with van der Waals surface area (Å²) in [6.45, 7) is 0. The number of thiophene rings is 1. The third kappa shape index (κ3) is 2.37. The topological polar surface area (TPSA) is 64.9 Å². The van der Waals surface area contributed by atoms with E-state index in [0.717, 1.165) is 29.2 Å². The van der Waals surface area contributed by atoms with Crippen LogP contribution in [0.25, 0.3) is 11.5 Å². The van der Waals surface area contributed by atoms with Crippen molar-refractivity contribution in [2.45, 2.75) is 63.7 Å². The van der Waals surface area contributed by atoms with Crippen LogP contribution in [-0.4, -0.2) is 10.1 Å². The molecule has 1 saturated carbocycles. The number of aromatic nitrogens is 2. The Bertz CT molecular complexity index is 638. The van der Waals surface area contributed by atoms with Crippen LogP contribution >= 0.6 is 11.3 Å². The Morgan fingerprint density at radius 2 is 1.86 bits per heavy atom. The molecule has 0 spiro atoms. The van der Waals surface area contributed by atoms with Gasteiger partial charge in [0.1, 0.15) is 0 Å². The quantitative estimate of drug-likeness (QED) is 0.840. The summed E-state index contributed by atoms with van der Waals surface area (Å²) in [5.41, 5.74) is 8.57. The Morgan fingerprint density at radius 3 is 2.67 bits per heavy atom. The van der Waals surface area contributed by atoms with Gasteiger partial charge in [-0.15, -0.1) is 11.3 Å². The lowest BCUT2D eigenvalue weighted by molar-refractivity contribution is 0.410. The van der Waals surface area contributed by atoms with Gasteiger partial charge >= 0.3 is 0 Å². The number of hydrogen-bond donors (Lipinski definition) is 1. The second-order valence-electron chi connectivity index (χ2n) is 6.24. The van der Waals surface area contributed by atoms with Crippen molar-refractivity contribution in [2.24, 2.45) is 0 Å². The summed E-state index contributed by atoms with van der Waals surface area (Å²) >= 11 is 1.70. The Hall–Kier alpha value is -1.36. The Morgan fingerprint density at radius 1 is 1.05 bits per heavy atom. The predicted molar refractivity (Wildman–Crippen MR) is 84.5 cm³/mol. The predicted octanol–water partition coefficient (Wildman–Crippen LogP) is 4.31. The van der Waals surface area contributed by atoms with E-state index in [-0.39, 0.29) is 0 Å². The van der Waals surface area contributed by atoms with Crippen LogP contribution in [0.5, 0.6) is 0 Å². The fourth-order valence-electron chi connectivity index (χ4n) is 3.70. The maximum atomic E-state index is 6.19. The third-order valence-electron chi connectivity index (χ3n) is 4.82. The fraction of sp³-hybridized carbons (Fsp3) is 0.625. The lowest BCUT2D eigenvalue weighted by Crippen LogP contribution is -1.99. The summed E-state index contributed by atoms with van der Waals surface area (Å²) in [4.78, 5) is 6.12. The van der Waals surface area contributed by atoms with E-state index in [1.165, 1.54) is 55.4 Å². The van der Waals surface area contributed by atoms with Crippen LogP contribution in [0.1, 0.15) is 67.1 Å². The minimum absolute atomic E-state index is 0.470. The highest BCUT2D eigenvalue weighted by Gasteiger charge is 2.27. The van der Waals surface area contributed by atoms with Crippen molar-refractivity contribution < 1.29 is 4.52 Å². The van der Waals surface area contributed by atoms with E-state index in [2.05, 4.69) is 5.16 Å². The van der Waals surface area contributed by atoms with E-state index in [4.69, 9.17) is 15.2 Å². The van der Waals surface area contributed by atoms with Crippen LogP contribution in [0.3, 0.4) is 0 Å². The van der Waals surface area contributed by atoms with Crippen molar-refractivity contribution in [1.82, 2.24) is 10.1 Å². The fourth-order valence-corrected chi connectivity index (χ4v) is 4.85. The van der Waals surface area contributed by atoms with E-state index in [1.54, 1.807) is 11.3 Å². The smallest absolute Gasteiger partial charge is 0.261 e. The molecule has 0 radical (unpaired) electrons. The first-order chi connectivity index (χ1) is 10.3. The first kappa shape index (κ1) is 13.3. The molecular weight excluding hydrogens is 282 g/mol. The van der Waals surface area contributed by atoms with E-state index in [0.29, 0.717) is 11.8 Å². The van der Waals surface area contributed by atoms with Gasteiger partial charge in [0.25, 0.3) is 5.89 Å². The van der Waals surface area contributed by atoms with Gasteiger partial charge in [0, 0.05) is 10.8 Å². The van der Waals surface area contributed by atoms with Crippen molar-refractivity contribution in [3.05, 3.63) is 16.3 Å². The van der Waals surface area contributed by atoms with Crippen molar-refractivity contribution in [3.63, 3.8) is 0 Å². The van der Waals surface area contributed by atoms with Gasteiger partial charge in [0.15, 0.2) is 5.82 Å². The number of nitrogen functional groups attached to an aromatic ring is 1. The normalized spacial score (nSPS) is 19.6. The van der Waals surface area contributed by atoms with Crippen LogP contribution in [0, 0.1) is 0 Å². The second-order valence-corrected chi connectivity index (χ2v) is 7.38. The SMILES string of the molecule is Nc1sc2c(c1-c1nc(C3CCCCCC3)no1)CCC2. The number of rotatable bonds is 2. The molecule has 2 N–H and O–H groups in total. The number of nitrogens with zero attached hydrogens (tertiary/aromatic N) is 2. The summed E-state index contributed by atoms with van der Waals surface area (Å²) in [6, 6.07) is 0. The zero-order chi connectivity index (χ0) is 14.2. The zero-order valence-electron chi connectivity index (χ0n) is 12.2. The molecule has 1 fully saturated rings. The largest absolute Gasteiger partial charge is 0.390 e. The maximum Gasteiger partial charge on any atom is 0.261 e. The number of hydrogen-bond acceptors (Lipinski definition) is 5. The van der Waals surface area contributed by atoms with Crippen molar-refractivity contribution in [1.29, 1.82) is 0 Å². The third-order valence-corrected chi connectivity index (χ3v) is 5.95. The Kier molecular flexibility index (Phi) is 3.45. The van der Waals surface area contributed by atoms with E-state index in [1.807, 2.05) is 0 Å². The molecule has 2 aromatic rings. The van der Waals surface area contributed by atoms with E-state index >= 15 is 0 Å². The Balaban J connectivity index is 1.65. The van der Waals surface area contributed by atoms with Gasteiger partial charge in [-0.25, -0.2) is 0 Å². The molecule has 0 unspecified atom stereocenters. The zero-order valence-corrected chi connectivity index (χ0v) is 13.0. The van der Waals surface area contributed by atoms with Crippen LogP contribution < -0.4 is 5.73 Å². The van der Waals surface area contributed by atoms with Crippen LogP contribution in [0.4, 0.5) is 5.00 Å². The standard InChI is InChI=1S/C16H21N3OS/c17-14-13(11-8-5-9-12(11)21-14)16-18-15(19-20-16)10-6-3-1-2-4-7-10/h10H,1-9,17H2. The van der Waals surface area contributed by atoms with Crippen LogP contribution in [0.15, 0.2) is 4.52 Å². The molecule has 0 saturated heterocycles. The molecule has 2 aliphatic carbocycles. The van der Waals surface area contributed by atoms with Gasteiger partial charge in [-0.1, -0.05) is 30.8 Å². The molecule has 0 atom stereocenters.